The number of carbonyl (C=O) groups excluding carboxylic acids is 1. The maximum atomic E-state index is 11.9. The predicted octanol–water partition coefficient (Wildman–Crippen LogP) is -0.0967. The molecule has 2 aromatic heterocycles. The largest absolute Gasteiger partial charge is 0.319 e. The van der Waals surface area contributed by atoms with Crippen molar-refractivity contribution in [2.75, 3.05) is 11.2 Å². The van der Waals surface area contributed by atoms with Crippen molar-refractivity contribution in [3.05, 3.63) is 22.4 Å². The first-order valence-electron chi connectivity index (χ1n) is 4.42. The van der Waals surface area contributed by atoms with Crippen LogP contribution in [0.3, 0.4) is 0 Å². The summed E-state index contributed by atoms with van der Waals surface area (Å²) in [5, 5.41) is 4.99. The van der Waals surface area contributed by atoms with E-state index in [1.807, 2.05) is 0 Å². The van der Waals surface area contributed by atoms with Crippen molar-refractivity contribution >= 4 is 29.0 Å². The zero-order valence-corrected chi connectivity index (χ0v) is 9.08. The Balaban J connectivity index is 2.60. The number of fused-ring (bicyclic) bond motifs is 1. The summed E-state index contributed by atoms with van der Waals surface area (Å²) in [5.74, 6) is -0.417. The van der Waals surface area contributed by atoms with E-state index in [9.17, 15) is 9.59 Å². The van der Waals surface area contributed by atoms with Crippen molar-refractivity contribution in [3.8, 4) is 0 Å². The van der Waals surface area contributed by atoms with Gasteiger partial charge in [0, 0.05) is 0 Å². The summed E-state index contributed by atoms with van der Waals surface area (Å²) >= 11 is 5.34. The Morgan fingerprint density at radius 3 is 3.12 bits per heavy atom. The van der Waals surface area contributed by atoms with Gasteiger partial charge < -0.3 is 5.32 Å². The summed E-state index contributed by atoms with van der Waals surface area (Å²) in [4.78, 5) is 30.9. The Bertz CT molecular complexity index is 602. The van der Waals surface area contributed by atoms with E-state index in [-0.39, 0.29) is 17.3 Å². The average Bonchev–Trinajstić information content (AvgIpc) is 2.71. The zero-order chi connectivity index (χ0) is 11.7. The molecule has 0 aromatic carbocycles. The number of anilines is 1. The minimum Gasteiger partial charge on any atom is -0.319 e. The molecule has 0 radical (unpaired) electrons. The first-order valence-corrected chi connectivity index (χ1v) is 4.95. The SMILES string of the molecule is Cc1nc2nc[nH]n2c(=O)c1NC(=O)CCl. The van der Waals surface area contributed by atoms with E-state index in [4.69, 9.17) is 11.6 Å². The number of rotatable bonds is 2. The van der Waals surface area contributed by atoms with Gasteiger partial charge in [-0.1, -0.05) is 0 Å². The molecule has 0 aliphatic rings. The highest BCUT2D eigenvalue weighted by Crippen LogP contribution is 2.06. The molecule has 2 aromatic rings. The summed E-state index contributed by atoms with van der Waals surface area (Å²) in [5.41, 5.74) is 0.0847. The molecule has 0 atom stereocenters. The van der Waals surface area contributed by atoms with E-state index in [2.05, 4.69) is 20.4 Å². The minimum atomic E-state index is -0.455. The molecular formula is C8H8ClN5O2. The standard InChI is InChI=1S/C8H8ClN5O2/c1-4-6(13-5(15)2-9)7(16)14-8(12-4)10-3-11-14/h3H,2H2,1H3,(H,13,15)(H,10,11,12). The molecule has 0 unspecified atom stereocenters. The molecule has 2 heterocycles. The Kier molecular flexibility index (Phi) is 2.61. The Morgan fingerprint density at radius 2 is 2.44 bits per heavy atom. The molecule has 0 saturated carbocycles. The number of H-pyrrole nitrogens is 1. The van der Waals surface area contributed by atoms with E-state index < -0.39 is 11.5 Å². The quantitative estimate of drug-likeness (QED) is 0.719. The number of aromatic nitrogens is 4. The lowest BCUT2D eigenvalue weighted by molar-refractivity contribution is -0.113. The molecule has 8 heteroatoms. The highest BCUT2D eigenvalue weighted by Gasteiger charge is 2.12. The predicted molar refractivity (Wildman–Crippen MR) is 57.7 cm³/mol. The van der Waals surface area contributed by atoms with E-state index in [0.717, 1.165) is 4.52 Å². The van der Waals surface area contributed by atoms with Gasteiger partial charge in [-0.3, -0.25) is 14.7 Å². The van der Waals surface area contributed by atoms with Crippen LogP contribution in [0.25, 0.3) is 5.78 Å². The number of hydrogen-bond donors (Lipinski definition) is 2. The minimum absolute atomic E-state index is 0.104. The third-order valence-corrected chi connectivity index (χ3v) is 2.24. The van der Waals surface area contributed by atoms with Crippen LogP contribution in [0.2, 0.25) is 0 Å². The third kappa shape index (κ3) is 1.65. The van der Waals surface area contributed by atoms with Crippen molar-refractivity contribution in [2.24, 2.45) is 0 Å². The van der Waals surface area contributed by atoms with Gasteiger partial charge in [-0.2, -0.15) is 4.52 Å². The summed E-state index contributed by atoms with van der Waals surface area (Å²) in [6, 6.07) is 0. The van der Waals surface area contributed by atoms with Gasteiger partial charge in [0.1, 0.15) is 17.9 Å². The molecule has 2 rings (SSSR count). The number of halogens is 1. The van der Waals surface area contributed by atoms with Crippen LogP contribution in [0.15, 0.2) is 11.1 Å². The number of carbonyl (C=O) groups is 1. The van der Waals surface area contributed by atoms with Gasteiger partial charge in [0.25, 0.3) is 11.3 Å². The normalized spacial score (nSPS) is 10.6. The molecule has 0 fully saturated rings. The van der Waals surface area contributed by atoms with Crippen molar-refractivity contribution in [2.45, 2.75) is 6.92 Å². The number of aromatic amines is 1. The van der Waals surface area contributed by atoms with E-state index in [1.165, 1.54) is 6.33 Å². The maximum Gasteiger partial charge on any atom is 0.298 e. The van der Waals surface area contributed by atoms with Gasteiger partial charge in [-0.15, -0.1) is 11.6 Å². The maximum absolute atomic E-state index is 11.9. The fourth-order valence-corrected chi connectivity index (χ4v) is 1.34. The van der Waals surface area contributed by atoms with E-state index >= 15 is 0 Å². The number of hydrogen-bond acceptors (Lipinski definition) is 4. The molecule has 0 spiro atoms. The smallest absolute Gasteiger partial charge is 0.298 e. The van der Waals surface area contributed by atoms with Gasteiger partial charge >= 0.3 is 0 Å². The van der Waals surface area contributed by atoms with Crippen molar-refractivity contribution in [1.29, 1.82) is 0 Å². The molecule has 0 saturated heterocycles. The van der Waals surface area contributed by atoms with Crippen LogP contribution in [0, 0.1) is 6.92 Å². The van der Waals surface area contributed by atoms with Crippen LogP contribution in [0.4, 0.5) is 5.69 Å². The lowest BCUT2D eigenvalue weighted by Crippen LogP contribution is -2.25. The fourth-order valence-electron chi connectivity index (χ4n) is 1.28. The molecule has 84 valence electrons. The Labute approximate surface area is 94.4 Å². The van der Waals surface area contributed by atoms with Gasteiger partial charge in [0.2, 0.25) is 5.91 Å². The van der Waals surface area contributed by atoms with Crippen molar-refractivity contribution < 1.29 is 4.79 Å². The Morgan fingerprint density at radius 1 is 1.69 bits per heavy atom. The van der Waals surface area contributed by atoms with Crippen molar-refractivity contribution in [1.82, 2.24) is 19.6 Å². The second-order valence-electron chi connectivity index (χ2n) is 3.08. The second-order valence-corrected chi connectivity index (χ2v) is 3.35. The van der Waals surface area contributed by atoms with Gasteiger partial charge in [0.15, 0.2) is 0 Å². The van der Waals surface area contributed by atoms with Crippen LogP contribution >= 0.6 is 11.6 Å². The number of alkyl halides is 1. The third-order valence-electron chi connectivity index (χ3n) is 2.00. The second kappa shape index (κ2) is 3.93. The number of amides is 1. The monoisotopic (exact) mass is 241 g/mol. The highest BCUT2D eigenvalue weighted by molar-refractivity contribution is 6.29. The van der Waals surface area contributed by atoms with E-state index in [1.54, 1.807) is 6.92 Å². The molecule has 16 heavy (non-hydrogen) atoms. The Hall–Kier alpha value is -1.89. The average molecular weight is 242 g/mol. The van der Waals surface area contributed by atoms with Crippen LogP contribution in [-0.4, -0.2) is 31.4 Å². The lowest BCUT2D eigenvalue weighted by Gasteiger charge is -2.04. The molecule has 7 nitrogen and oxygen atoms in total. The molecular weight excluding hydrogens is 234 g/mol. The molecule has 2 N–H and O–H groups in total. The van der Waals surface area contributed by atoms with Crippen LogP contribution in [0.1, 0.15) is 5.69 Å². The summed E-state index contributed by atoms with van der Waals surface area (Å²) in [6.07, 6.45) is 1.34. The van der Waals surface area contributed by atoms with Crippen LogP contribution < -0.4 is 10.9 Å². The number of nitrogens with zero attached hydrogens (tertiary/aromatic N) is 3. The lowest BCUT2D eigenvalue weighted by atomic mass is 10.3. The fraction of sp³-hybridized carbons (Fsp3) is 0.250. The highest BCUT2D eigenvalue weighted by atomic mass is 35.5. The van der Waals surface area contributed by atoms with E-state index in [0.29, 0.717) is 5.69 Å². The summed E-state index contributed by atoms with van der Waals surface area (Å²) in [6.45, 7) is 1.61. The number of nitrogens with one attached hydrogen (secondary N) is 2. The first kappa shape index (κ1) is 10.6. The van der Waals surface area contributed by atoms with Crippen molar-refractivity contribution in [3.63, 3.8) is 0 Å². The molecule has 1 amide bonds. The topological polar surface area (TPSA) is 92.2 Å². The molecule has 0 aliphatic heterocycles. The van der Waals surface area contributed by atoms with Gasteiger partial charge in [0.05, 0.1) is 5.69 Å². The first-order chi connectivity index (χ1) is 7.63. The number of aryl methyl sites for hydroxylation is 1. The van der Waals surface area contributed by atoms with Crippen LogP contribution in [0.5, 0.6) is 0 Å². The zero-order valence-electron chi connectivity index (χ0n) is 8.32. The van der Waals surface area contributed by atoms with Crippen LogP contribution in [-0.2, 0) is 4.79 Å². The van der Waals surface area contributed by atoms with Gasteiger partial charge in [-0.25, -0.2) is 9.97 Å². The van der Waals surface area contributed by atoms with Gasteiger partial charge in [-0.05, 0) is 6.92 Å². The molecule has 0 bridgehead atoms. The summed E-state index contributed by atoms with van der Waals surface area (Å²) < 4.78 is 1.14. The molecule has 0 aliphatic carbocycles. The summed E-state index contributed by atoms with van der Waals surface area (Å²) in [7, 11) is 0.